The van der Waals surface area contributed by atoms with Gasteiger partial charge in [-0.2, -0.15) is 5.10 Å². The van der Waals surface area contributed by atoms with Gasteiger partial charge in [0.05, 0.1) is 17.1 Å². The van der Waals surface area contributed by atoms with Gasteiger partial charge in [-0.05, 0) is 13.0 Å². The highest BCUT2D eigenvalue weighted by molar-refractivity contribution is 6.33. The van der Waals surface area contributed by atoms with Crippen LogP contribution in [0.15, 0.2) is 18.6 Å². The minimum absolute atomic E-state index is 0.258. The van der Waals surface area contributed by atoms with E-state index in [1.807, 2.05) is 6.92 Å². The number of carbonyl (C=O) groups excluding carboxylic acids is 1. The lowest BCUT2D eigenvalue weighted by molar-refractivity contribution is 0.0950. The Hall–Kier alpha value is -2.15. The summed E-state index contributed by atoms with van der Waals surface area (Å²) in [4.78, 5) is 20.0. The normalized spacial score (nSPS) is 10.2. The third kappa shape index (κ3) is 3.41. The number of carbonyl (C=O) groups is 1. The minimum Gasteiger partial charge on any atom is -0.370 e. The molecule has 3 N–H and O–H groups in total. The van der Waals surface area contributed by atoms with Crippen LogP contribution in [0.25, 0.3) is 0 Å². The average molecular weight is 281 g/mol. The number of amides is 1. The summed E-state index contributed by atoms with van der Waals surface area (Å²) in [6.07, 6.45) is 2.83. The molecule has 0 aliphatic rings. The van der Waals surface area contributed by atoms with Crippen LogP contribution in [-0.2, 0) is 6.54 Å². The standard InChI is InChI=1S/C11H13ClN6O/c1-2-13-9-3-7(8(12)4-14-9)11(19)15-5-10-16-6-17-18-10/h3-4,6H,2,5H2,1H3,(H,13,14)(H,15,19)(H,16,17,18). The molecule has 19 heavy (non-hydrogen) atoms. The van der Waals surface area contributed by atoms with E-state index in [1.54, 1.807) is 6.07 Å². The zero-order valence-electron chi connectivity index (χ0n) is 10.3. The number of pyridine rings is 1. The minimum atomic E-state index is -0.289. The molecule has 0 bridgehead atoms. The van der Waals surface area contributed by atoms with Crippen molar-refractivity contribution in [2.75, 3.05) is 11.9 Å². The molecular formula is C11H13ClN6O. The highest BCUT2D eigenvalue weighted by Gasteiger charge is 2.12. The molecule has 0 aromatic carbocycles. The van der Waals surface area contributed by atoms with Crippen LogP contribution in [0.5, 0.6) is 0 Å². The topological polar surface area (TPSA) is 95.6 Å². The number of hydrogen-bond donors (Lipinski definition) is 3. The molecule has 2 heterocycles. The number of nitrogens with one attached hydrogen (secondary N) is 3. The van der Waals surface area contributed by atoms with Crippen molar-refractivity contribution in [3.05, 3.63) is 35.0 Å². The molecule has 7 nitrogen and oxygen atoms in total. The Balaban J connectivity index is 2.07. The highest BCUT2D eigenvalue weighted by atomic mass is 35.5. The summed E-state index contributed by atoms with van der Waals surface area (Å²) in [6, 6.07) is 1.61. The smallest absolute Gasteiger partial charge is 0.253 e. The molecule has 2 aromatic heterocycles. The van der Waals surface area contributed by atoms with E-state index in [0.717, 1.165) is 0 Å². The molecule has 0 unspecified atom stereocenters. The molecule has 0 aliphatic carbocycles. The molecule has 0 radical (unpaired) electrons. The quantitative estimate of drug-likeness (QED) is 0.765. The molecule has 0 fully saturated rings. The molecule has 0 saturated heterocycles. The lowest BCUT2D eigenvalue weighted by Gasteiger charge is -2.08. The summed E-state index contributed by atoms with van der Waals surface area (Å²) in [5, 5.41) is 12.4. The SMILES string of the molecule is CCNc1cc(C(=O)NCc2ncn[nH]2)c(Cl)cn1. The molecule has 0 aliphatic heterocycles. The number of H-pyrrole nitrogens is 1. The van der Waals surface area contributed by atoms with Crippen LogP contribution in [-0.4, -0.2) is 32.6 Å². The lowest BCUT2D eigenvalue weighted by atomic mass is 10.2. The number of hydrogen-bond acceptors (Lipinski definition) is 5. The van der Waals surface area contributed by atoms with Crippen molar-refractivity contribution in [3.8, 4) is 0 Å². The number of halogens is 1. The van der Waals surface area contributed by atoms with Crippen molar-refractivity contribution in [2.24, 2.45) is 0 Å². The highest BCUT2D eigenvalue weighted by Crippen LogP contribution is 2.17. The van der Waals surface area contributed by atoms with Gasteiger partial charge in [-0.1, -0.05) is 11.6 Å². The van der Waals surface area contributed by atoms with E-state index in [1.165, 1.54) is 12.5 Å². The van der Waals surface area contributed by atoms with Crippen LogP contribution in [0.3, 0.4) is 0 Å². The summed E-state index contributed by atoms with van der Waals surface area (Å²) in [7, 11) is 0. The van der Waals surface area contributed by atoms with E-state index in [9.17, 15) is 4.79 Å². The molecule has 100 valence electrons. The zero-order valence-corrected chi connectivity index (χ0v) is 11.0. The fourth-order valence-electron chi connectivity index (χ4n) is 1.47. The van der Waals surface area contributed by atoms with Gasteiger partial charge in [0.25, 0.3) is 5.91 Å². The molecule has 1 amide bonds. The van der Waals surface area contributed by atoms with Crippen molar-refractivity contribution >= 4 is 23.3 Å². The van der Waals surface area contributed by atoms with Gasteiger partial charge in [0, 0.05) is 12.7 Å². The van der Waals surface area contributed by atoms with Crippen molar-refractivity contribution in [1.82, 2.24) is 25.5 Å². The third-order valence-corrected chi connectivity index (χ3v) is 2.64. The number of aromatic nitrogens is 4. The fourth-order valence-corrected chi connectivity index (χ4v) is 1.65. The molecule has 0 saturated carbocycles. The Morgan fingerprint density at radius 1 is 1.47 bits per heavy atom. The first-order valence-electron chi connectivity index (χ1n) is 5.72. The zero-order chi connectivity index (χ0) is 13.7. The van der Waals surface area contributed by atoms with Crippen LogP contribution < -0.4 is 10.6 Å². The Morgan fingerprint density at radius 3 is 3.00 bits per heavy atom. The summed E-state index contributed by atoms with van der Waals surface area (Å²) < 4.78 is 0. The van der Waals surface area contributed by atoms with Gasteiger partial charge in [0.1, 0.15) is 18.0 Å². The van der Waals surface area contributed by atoms with Crippen molar-refractivity contribution in [3.63, 3.8) is 0 Å². The second kappa shape index (κ2) is 6.14. The van der Waals surface area contributed by atoms with Gasteiger partial charge in [0.2, 0.25) is 0 Å². The first kappa shape index (κ1) is 13.3. The Morgan fingerprint density at radius 2 is 2.32 bits per heavy atom. The van der Waals surface area contributed by atoms with E-state index in [0.29, 0.717) is 28.8 Å². The van der Waals surface area contributed by atoms with E-state index in [-0.39, 0.29) is 12.5 Å². The van der Waals surface area contributed by atoms with E-state index in [4.69, 9.17) is 11.6 Å². The van der Waals surface area contributed by atoms with Crippen LogP contribution >= 0.6 is 11.6 Å². The van der Waals surface area contributed by atoms with Crippen molar-refractivity contribution in [2.45, 2.75) is 13.5 Å². The van der Waals surface area contributed by atoms with Crippen LogP contribution in [0, 0.1) is 0 Å². The second-order valence-electron chi connectivity index (χ2n) is 3.69. The maximum absolute atomic E-state index is 12.0. The molecule has 2 rings (SSSR count). The van der Waals surface area contributed by atoms with Gasteiger partial charge in [-0.15, -0.1) is 0 Å². The van der Waals surface area contributed by atoms with E-state index >= 15 is 0 Å². The predicted octanol–water partition coefficient (Wildman–Crippen LogP) is 1.21. The van der Waals surface area contributed by atoms with Gasteiger partial charge in [-0.25, -0.2) is 9.97 Å². The van der Waals surface area contributed by atoms with Gasteiger partial charge >= 0.3 is 0 Å². The first-order chi connectivity index (χ1) is 9.20. The van der Waals surface area contributed by atoms with Gasteiger partial charge in [-0.3, -0.25) is 9.89 Å². The fraction of sp³-hybridized carbons (Fsp3) is 0.273. The third-order valence-electron chi connectivity index (χ3n) is 2.34. The van der Waals surface area contributed by atoms with E-state index < -0.39 is 0 Å². The monoisotopic (exact) mass is 280 g/mol. The summed E-state index contributed by atoms with van der Waals surface area (Å²) in [5.41, 5.74) is 0.368. The van der Waals surface area contributed by atoms with E-state index in [2.05, 4.69) is 30.8 Å². The predicted molar refractivity (Wildman–Crippen MR) is 71.0 cm³/mol. The molecule has 2 aromatic rings. The largest absolute Gasteiger partial charge is 0.370 e. The second-order valence-corrected chi connectivity index (χ2v) is 4.10. The number of aromatic amines is 1. The maximum Gasteiger partial charge on any atom is 0.253 e. The summed E-state index contributed by atoms with van der Waals surface area (Å²) in [5.74, 6) is 0.894. The van der Waals surface area contributed by atoms with Gasteiger partial charge in [0.15, 0.2) is 0 Å². The van der Waals surface area contributed by atoms with Crippen LogP contribution in [0.4, 0.5) is 5.82 Å². The van der Waals surface area contributed by atoms with Crippen LogP contribution in [0.2, 0.25) is 5.02 Å². The first-order valence-corrected chi connectivity index (χ1v) is 6.10. The lowest BCUT2D eigenvalue weighted by Crippen LogP contribution is -2.24. The van der Waals surface area contributed by atoms with Gasteiger partial charge < -0.3 is 10.6 Å². The number of nitrogens with zero attached hydrogens (tertiary/aromatic N) is 3. The average Bonchev–Trinajstić information content (AvgIpc) is 2.92. The Bertz CT molecular complexity index is 556. The molecule has 0 atom stereocenters. The molecular weight excluding hydrogens is 268 g/mol. The summed E-state index contributed by atoms with van der Waals surface area (Å²) >= 11 is 5.96. The number of rotatable bonds is 5. The Kier molecular flexibility index (Phi) is 4.30. The van der Waals surface area contributed by atoms with Crippen molar-refractivity contribution in [1.29, 1.82) is 0 Å². The molecule has 0 spiro atoms. The summed E-state index contributed by atoms with van der Waals surface area (Å²) in [6.45, 7) is 2.92. The van der Waals surface area contributed by atoms with Crippen molar-refractivity contribution < 1.29 is 4.79 Å². The van der Waals surface area contributed by atoms with Crippen LogP contribution in [0.1, 0.15) is 23.1 Å². The Labute approximate surface area is 114 Å². The maximum atomic E-state index is 12.0. The molecule has 8 heteroatoms. The number of anilines is 1.